The molecule has 0 unspecified atom stereocenters. The van der Waals surface area contributed by atoms with Crippen molar-refractivity contribution >= 4 is 11.9 Å². The second-order valence-electron chi connectivity index (χ2n) is 5.56. The Morgan fingerprint density at radius 1 is 1.48 bits per heavy atom. The fourth-order valence-corrected chi connectivity index (χ4v) is 2.94. The van der Waals surface area contributed by atoms with Gasteiger partial charge in [0.1, 0.15) is 6.04 Å². The molecule has 0 saturated carbocycles. The van der Waals surface area contributed by atoms with Crippen LogP contribution in [-0.2, 0) is 14.3 Å². The van der Waals surface area contributed by atoms with Crippen molar-refractivity contribution in [3.05, 3.63) is 37.5 Å². The molecule has 0 aromatic rings. The molecular weight excluding hydrogens is 296 g/mol. The van der Waals surface area contributed by atoms with Crippen LogP contribution in [0.25, 0.3) is 0 Å². The van der Waals surface area contributed by atoms with Gasteiger partial charge in [-0.15, -0.1) is 13.2 Å². The standard InChI is InChI=1S/C17H26N2O4/c1-5-8-12-10-13(17(21)22)19-15(12)16(18-11(4)20)14(7-3)23-9-6-2/h5-8,12-16,19H,2-3,9-10H2,1,4H3,(H,18,20)(H,21,22)/b8-5-/t12-,13-,14+,15-,16+/m1/s1. The van der Waals surface area contributed by atoms with Crippen LogP contribution in [0.5, 0.6) is 0 Å². The van der Waals surface area contributed by atoms with Gasteiger partial charge in [0.15, 0.2) is 0 Å². The number of carboxylic acids is 1. The van der Waals surface area contributed by atoms with Crippen molar-refractivity contribution < 1.29 is 19.4 Å². The summed E-state index contributed by atoms with van der Waals surface area (Å²) in [5.74, 6) is -1.12. The van der Waals surface area contributed by atoms with E-state index >= 15 is 0 Å². The number of hydrogen-bond acceptors (Lipinski definition) is 4. The van der Waals surface area contributed by atoms with Crippen molar-refractivity contribution in [1.82, 2.24) is 10.6 Å². The van der Waals surface area contributed by atoms with Gasteiger partial charge >= 0.3 is 5.97 Å². The molecule has 1 rings (SSSR count). The van der Waals surface area contributed by atoms with E-state index in [4.69, 9.17) is 4.74 Å². The number of aliphatic carboxylic acids is 1. The van der Waals surface area contributed by atoms with Gasteiger partial charge in [-0.1, -0.05) is 24.3 Å². The van der Waals surface area contributed by atoms with Crippen molar-refractivity contribution in [3.8, 4) is 0 Å². The number of hydrogen-bond donors (Lipinski definition) is 3. The molecule has 0 aromatic carbocycles. The SMILES string of the molecule is C=CCO[C@@H](C=C)[C@H](NC(C)=O)[C@@H]1N[C@@H](C(=O)O)C[C@H]1/C=C\C. The molecule has 0 bridgehead atoms. The highest BCUT2D eigenvalue weighted by Crippen LogP contribution is 2.27. The summed E-state index contributed by atoms with van der Waals surface area (Å²) in [6.45, 7) is 11.0. The molecule has 6 nitrogen and oxygen atoms in total. The molecule has 0 spiro atoms. The van der Waals surface area contributed by atoms with Gasteiger partial charge < -0.3 is 15.2 Å². The first-order valence-electron chi connectivity index (χ1n) is 7.68. The third-order valence-electron chi connectivity index (χ3n) is 3.85. The summed E-state index contributed by atoms with van der Waals surface area (Å²) >= 11 is 0. The van der Waals surface area contributed by atoms with Crippen LogP contribution in [0.4, 0.5) is 0 Å². The van der Waals surface area contributed by atoms with E-state index < -0.39 is 24.2 Å². The number of carboxylic acid groups (broad SMARTS) is 1. The summed E-state index contributed by atoms with van der Waals surface area (Å²) in [7, 11) is 0. The molecule has 1 fully saturated rings. The molecule has 5 atom stereocenters. The minimum absolute atomic E-state index is 0.0206. The number of nitrogens with one attached hydrogen (secondary N) is 2. The third kappa shape index (κ3) is 5.33. The first-order valence-corrected chi connectivity index (χ1v) is 7.68. The fourth-order valence-electron chi connectivity index (χ4n) is 2.94. The predicted molar refractivity (Wildman–Crippen MR) is 89.0 cm³/mol. The molecule has 1 heterocycles. The van der Waals surface area contributed by atoms with E-state index in [9.17, 15) is 14.7 Å². The quantitative estimate of drug-likeness (QED) is 0.556. The zero-order valence-corrected chi connectivity index (χ0v) is 13.7. The molecule has 1 amide bonds. The van der Waals surface area contributed by atoms with Crippen LogP contribution in [0.15, 0.2) is 37.5 Å². The van der Waals surface area contributed by atoms with Crippen LogP contribution in [0.3, 0.4) is 0 Å². The molecular formula is C17H26N2O4. The lowest BCUT2D eigenvalue weighted by Crippen LogP contribution is -2.56. The maximum atomic E-state index is 11.6. The fraction of sp³-hybridized carbons (Fsp3) is 0.529. The van der Waals surface area contributed by atoms with Gasteiger partial charge in [0.2, 0.25) is 5.91 Å². The summed E-state index contributed by atoms with van der Waals surface area (Å²) in [4.78, 5) is 22.9. The highest BCUT2D eigenvalue weighted by molar-refractivity contribution is 5.75. The first-order chi connectivity index (χ1) is 10.9. The zero-order valence-electron chi connectivity index (χ0n) is 13.7. The number of amides is 1. The Morgan fingerprint density at radius 2 is 2.17 bits per heavy atom. The molecule has 0 radical (unpaired) electrons. The Kier molecular flexibility index (Phi) is 7.71. The molecule has 1 aliphatic rings. The van der Waals surface area contributed by atoms with Crippen LogP contribution in [0, 0.1) is 5.92 Å². The Morgan fingerprint density at radius 3 is 2.65 bits per heavy atom. The van der Waals surface area contributed by atoms with Crippen LogP contribution in [-0.4, -0.2) is 47.8 Å². The lowest BCUT2D eigenvalue weighted by Gasteiger charge is -2.33. The number of carbonyl (C=O) groups excluding carboxylic acids is 1. The highest BCUT2D eigenvalue weighted by atomic mass is 16.5. The summed E-state index contributed by atoms with van der Waals surface area (Å²) < 4.78 is 5.68. The number of carbonyl (C=O) groups is 2. The molecule has 1 saturated heterocycles. The Labute approximate surface area is 137 Å². The summed E-state index contributed by atoms with van der Waals surface area (Å²) in [5.41, 5.74) is 0. The lowest BCUT2D eigenvalue weighted by molar-refractivity contribution is -0.139. The highest BCUT2D eigenvalue weighted by Gasteiger charge is 2.42. The van der Waals surface area contributed by atoms with Gasteiger partial charge in [-0.2, -0.15) is 0 Å². The topological polar surface area (TPSA) is 87.7 Å². The van der Waals surface area contributed by atoms with Crippen molar-refractivity contribution in [3.63, 3.8) is 0 Å². The smallest absolute Gasteiger partial charge is 0.320 e. The van der Waals surface area contributed by atoms with Crippen LogP contribution in [0.2, 0.25) is 0 Å². The summed E-state index contributed by atoms with van der Waals surface area (Å²) in [5, 5.41) is 15.3. The molecule has 128 valence electrons. The van der Waals surface area contributed by atoms with Crippen molar-refractivity contribution in [2.75, 3.05) is 6.61 Å². The molecule has 1 aliphatic heterocycles. The van der Waals surface area contributed by atoms with Gasteiger partial charge in [-0.05, 0) is 19.3 Å². The Hall–Kier alpha value is -1.92. The molecule has 3 N–H and O–H groups in total. The Balaban J connectivity index is 3.05. The van der Waals surface area contributed by atoms with E-state index in [1.165, 1.54) is 6.92 Å². The lowest BCUT2D eigenvalue weighted by atomic mass is 9.90. The molecule has 23 heavy (non-hydrogen) atoms. The minimum Gasteiger partial charge on any atom is -0.480 e. The van der Waals surface area contributed by atoms with E-state index in [1.807, 2.05) is 19.1 Å². The van der Waals surface area contributed by atoms with Crippen LogP contribution >= 0.6 is 0 Å². The average molecular weight is 322 g/mol. The maximum absolute atomic E-state index is 11.6. The maximum Gasteiger partial charge on any atom is 0.320 e. The van der Waals surface area contributed by atoms with Crippen LogP contribution < -0.4 is 10.6 Å². The number of ether oxygens (including phenoxy) is 1. The Bertz CT molecular complexity index is 475. The van der Waals surface area contributed by atoms with Gasteiger partial charge in [0, 0.05) is 13.0 Å². The van der Waals surface area contributed by atoms with Gasteiger partial charge in [-0.25, -0.2) is 0 Å². The normalized spacial score (nSPS) is 26.6. The predicted octanol–water partition coefficient (Wildman–Crippen LogP) is 1.26. The third-order valence-corrected chi connectivity index (χ3v) is 3.85. The molecule has 0 aromatic heterocycles. The molecule has 0 aliphatic carbocycles. The minimum atomic E-state index is -0.897. The summed E-state index contributed by atoms with van der Waals surface area (Å²) in [6, 6.07) is -1.33. The van der Waals surface area contributed by atoms with Crippen molar-refractivity contribution in [2.45, 2.75) is 44.5 Å². The number of rotatable bonds is 9. The second-order valence-corrected chi connectivity index (χ2v) is 5.56. The largest absolute Gasteiger partial charge is 0.480 e. The van der Waals surface area contributed by atoms with E-state index in [-0.39, 0.29) is 17.9 Å². The van der Waals surface area contributed by atoms with Gasteiger partial charge in [-0.3, -0.25) is 14.9 Å². The van der Waals surface area contributed by atoms with Crippen molar-refractivity contribution in [2.24, 2.45) is 5.92 Å². The monoisotopic (exact) mass is 322 g/mol. The summed E-state index contributed by atoms with van der Waals surface area (Å²) in [6.07, 6.45) is 7.10. The molecule has 6 heteroatoms. The zero-order chi connectivity index (χ0) is 17.4. The van der Waals surface area contributed by atoms with E-state index in [0.29, 0.717) is 13.0 Å². The average Bonchev–Trinajstić information content (AvgIpc) is 2.91. The second kappa shape index (κ2) is 9.27. The van der Waals surface area contributed by atoms with E-state index in [1.54, 1.807) is 12.2 Å². The van der Waals surface area contributed by atoms with Crippen molar-refractivity contribution in [1.29, 1.82) is 0 Å². The first kappa shape index (κ1) is 19.1. The number of allylic oxidation sites excluding steroid dienone is 1. The van der Waals surface area contributed by atoms with Gasteiger partial charge in [0.05, 0.1) is 18.8 Å². The van der Waals surface area contributed by atoms with E-state index in [2.05, 4.69) is 23.8 Å². The van der Waals surface area contributed by atoms with Crippen LogP contribution in [0.1, 0.15) is 20.3 Å². The van der Waals surface area contributed by atoms with E-state index in [0.717, 1.165) is 0 Å². The van der Waals surface area contributed by atoms with Gasteiger partial charge in [0.25, 0.3) is 0 Å².